The Morgan fingerprint density at radius 1 is 1.07 bits per heavy atom. The van der Waals surface area contributed by atoms with E-state index < -0.39 is 28.0 Å². The number of benzene rings is 2. The molecule has 0 saturated carbocycles. The minimum absolute atomic E-state index is 0.0566. The molecular weight excluding hydrogens is 398 g/mol. The zero-order chi connectivity index (χ0) is 21.4. The van der Waals surface area contributed by atoms with Crippen molar-refractivity contribution >= 4 is 21.9 Å². The number of aliphatic hydroxyl groups excluding tert-OH is 1. The Morgan fingerprint density at radius 2 is 1.69 bits per heavy atom. The molecule has 0 aliphatic carbocycles. The van der Waals surface area contributed by atoms with E-state index in [-0.39, 0.29) is 17.4 Å². The molecule has 2 rings (SSSR count). The Kier molecular flexibility index (Phi) is 7.74. The van der Waals surface area contributed by atoms with Crippen molar-refractivity contribution in [3.05, 3.63) is 60.2 Å². The van der Waals surface area contributed by atoms with Crippen molar-refractivity contribution in [2.24, 2.45) is 4.40 Å². The van der Waals surface area contributed by atoms with Crippen LogP contribution in [0, 0.1) is 0 Å². The summed E-state index contributed by atoms with van der Waals surface area (Å²) >= 11 is 0. The van der Waals surface area contributed by atoms with Gasteiger partial charge in [0.1, 0.15) is 5.75 Å². The topological polar surface area (TPSA) is 111 Å². The lowest BCUT2D eigenvalue weighted by molar-refractivity contribution is -0.153. The van der Waals surface area contributed by atoms with E-state index in [1.165, 1.54) is 38.5 Å². The molecule has 0 aromatic heterocycles. The van der Waals surface area contributed by atoms with Crippen LogP contribution >= 0.6 is 0 Å². The highest BCUT2D eigenvalue weighted by Crippen LogP contribution is 2.26. The molecule has 0 radical (unpaired) electrons. The number of methoxy groups -OCH3 is 2. The fourth-order valence-corrected chi connectivity index (χ4v) is 3.63. The van der Waals surface area contributed by atoms with E-state index in [0.29, 0.717) is 11.3 Å². The van der Waals surface area contributed by atoms with Crippen LogP contribution in [0.15, 0.2) is 63.9 Å². The molecule has 8 nitrogen and oxygen atoms in total. The van der Waals surface area contributed by atoms with Crippen LogP contribution in [-0.2, 0) is 24.3 Å². The third kappa shape index (κ3) is 5.55. The van der Waals surface area contributed by atoms with Gasteiger partial charge in [0.05, 0.1) is 31.6 Å². The molecule has 2 aromatic carbocycles. The number of sulfonamides is 1. The number of nitrogens with zero attached hydrogens (tertiary/aromatic N) is 1. The number of esters is 1. The van der Waals surface area contributed by atoms with Gasteiger partial charge in [-0.05, 0) is 36.8 Å². The Labute approximate surface area is 169 Å². The second-order valence-corrected chi connectivity index (χ2v) is 7.47. The van der Waals surface area contributed by atoms with Crippen LogP contribution in [0.5, 0.6) is 5.75 Å². The maximum absolute atomic E-state index is 12.7. The molecule has 2 unspecified atom stereocenters. The first-order valence-electron chi connectivity index (χ1n) is 8.76. The SMILES string of the molecule is CCOC(=O)C(O)C(/C(=N/S(=O)(=O)c1ccc(OC)cc1)OC)c1ccccc1. The van der Waals surface area contributed by atoms with Crippen LogP contribution in [0.2, 0.25) is 0 Å². The van der Waals surface area contributed by atoms with Crippen LogP contribution in [0.1, 0.15) is 18.4 Å². The lowest BCUT2D eigenvalue weighted by Gasteiger charge is -2.22. The van der Waals surface area contributed by atoms with Crippen molar-refractivity contribution in [3.8, 4) is 5.75 Å². The minimum Gasteiger partial charge on any atom is -0.497 e. The standard InChI is InChI=1S/C20H23NO7S/c1-4-28-20(23)18(22)17(14-8-6-5-7-9-14)19(27-3)21-29(24,25)16-12-10-15(26-2)11-13-16/h5-13,17-18,22H,4H2,1-3H3/b21-19-. The molecule has 29 heavy (non-hydrogen) atoms. The number of carbonyl (C=O) groups excluding carboxylic acids is 1. The van der Waals surface area contributed by atoms with Gasteiger partial charge in [-0.3, -0.25) is 0 Å². The third-order valence-electron chi connectivity index (χ3n) is 4.05. The Balaban J connectivity index is 2.51. The van der Waals surface area contributed by atoms with Gasteiger partial charge in [0, 0.05) is 0 Å². The molecule has 1 N–H and O–H groups in total. The van der Waals surface area contributed by atoms with Gasteiger partial charge in [0.25, 0.3) is 10.0 Å². The second-order valence-electron chi connectivity index (χ2n) is 5.87. The fourth-order valence-electron chi connectivity index (χ4n) is 2.62. The van der Waals surface area contributed by atoms with E-state index in [2.05, 4.69) is 4.40 Å². The third-order valence-corrected chi connectivity index (χ3v) is 5.33. The maximum Gasteiger partial charge on any atom is 0.336 e. The summed E-state index contributed by atoms with van der Waals surface area (Å²) in [4.78, 5) is 12.0. The van der Waals surface area contributed by atoms with Crippen LogP contribution in [0.25, 0.3) is 0 Å². The number of hydrogen-bond donors (Lipinski definition) is 1. The largest absolute Gasteiger partial charge is 0.497 e. The summed E-state index contributed by atoms with van der Waals surface area (Å²) < 4.78 is 44.3. The fraction of sp³-hybridized carbons (Fsp3) is 0.300. The highest BCUT2D eigenvalue weighted by atomic mass is 32.2. The summed E-state index contributed by atoms with van der Waals surface area (Å²) in [6.07, 6.45) is -1.71. The number of ether oxygens (including phenoxy) is 3. The van der Waals surface area contributed by atoms with Crippen LogP contribution in [0.4, 0.5) is 0 Å². The summed E-state index contributed by atoms with van der Waals surface area (Å²) in [6, 6.07) is 14.0. The van der Waals surface area contributed by atoms with Gasteiger partial charge in [-0.25, -0.2) is 4.79 Å². The molecule has 9 heteroatoms. The van der Waals surface area contributed by atoms with E-state index in [9.17, 15) is 18.3 Å². The highest BCUT2D eigenvalue weighted by Gasteiger charge is 2.35. The molecule has 0 saturated heterocycles. The quantitative estimate of drug-likeness (QED) is 0.395. The molecular formula is C20H23NO7S. The molecule has 0 aliphatic heterocycles. The van der Waals surface area contributed by atoms with Crippen LogP contribution in [0.3, 0.4) is 0 Å². The van der Waals surface area contributed by atoms with E-state index in [1.54, 1.807) is 37.3 Å². The smallest absolute Gasteiger partial charge is 0.336 e. The highest BCUT2D eigenvalue weighted by molar-refractivity contribution is 7.90. The molecule has 2 atom stereocenters. The minimum atomic E-state index is -4.18. The maximum atomic E-state index is 12.7. The van der Waals surface area contributed by atoms with Crippen LogP contribution in [-0.4, -0.2) is 52.3 Å². The van der Waals surface area contributed by atoms with Gasteiger partial charge in [-0.15, -0.1) is 4.40 Å². The number of rotatable bonds is 8. The second kappa shape index (κ2) is 10.0. The van der Waals surface area contributed by atoms with E-state index >= 15 is 0 Å². The lowest BCUT2D eigenvalue weighted by Crippen LogP contribution is -2.35. The van der Waals surface area contributed by atoms with Gasteiger partial charge >= 0.3 is 5.97 Å². The molecule has 0 aliphatic rings. The zero-order valence-corrected chi connectivity index (χ0v) is 17.1. The molecule has 0 amide bonds. The predicted octanol–water partition coefficient (Wildman–Crippen LogP) is 2.14. The summed E-state index contributed by atoms with van der Waals surface area (Å²) in [6.45, 7) is 1.66. The van der Waals surface area contributed by atoms with Crippen molar-refractivity contribution in [1.29, 1.82) is 0 Å². The van der Waals surface area contributed by atoms with Gasteiger partial charge in [-0.1, -0.05) is 30.3 Å². The first-order valence-corrected chi connectivity index (χ1v) is 10.2. The first-order chi connectivity index (χ1) is 13.8. The molecule has 0 fully saturated rings. The molecule has 0 bridgehead atoms. The normalized spacial score (nSPS) is 14.0. The van der Waals surface area contributed by atoms with Gasteiger partial charge in [0.2, 0.25) is 5.90 Å². The van der Waals surface area contributed by atoms with Crippen LogP contribution < -0.4 is 4.74 Å². The van der Waals surface area contributed by atoms with E-state index in [4.69, 9.17) is 14.2 Å². The number of aliphatic hydroxyl groups is 1. The first kappa shape index (κ1) is 22.4. The van der Waals surface area contributed by atoms with E-state index in [1.807, 2.05) is 0 Å². The van der Waals surface area contributed by atoms with Crippen molar-refractivity contribution in [1.82, 2.24) is 0 Å². The Bertz CT molecular complexity index is 941. The monoisotopic (exact) mass is 421 g/mol. The van der Waals surface area contributed by atoms with Gasteiger partial charge in [0.15, 0.2) is 6.10 Å². The lowest BCUT2D eigenvalue weighted by atomic mass is 9.93. The van der Waals surface area contributed by atoms with E-state index in [0.717, 1.165) is 0 Å². The van der Waals surface area contributed by atoms with Crippen molar-refractivity contribution in [3.63, 3.8) is 0 Å². The number of hydrogen-bond acceptors (Lipinski definition) is 7. The summed E-state index contributed by atoms with van der Waals surface area (Å²) in [5, 5.41) is 10.6. The summed E-state index contributed by atoms with van der Waals surface area (Å²) in [5.74, 6) is -1.94. The number of carbonyl (C=O) groups is 1. The molecule has 0 heterocycles. The van der Waals surface area contributed by atoms with Gasteiger partial charge in [-0.2, -0.15) is 8.42 Å². The molecule has 156 valence electrons. The summed E-state index contributed by atoms with van der Waals surface area (Å²) in [5.41, 5.74) is 0.443. The average molecular weight is 421 g/mol. The Morgan fingerprint density at radius 3 is 2.21 bits per heavy atom. The van der Waals surface area contributed by atoms with Crippen molar-refractivity contribution < 1.29 is 32.5 Å². The summed E-state index contributed by atoms with van der Waals surface area (Å²) in [7, 11) is -1.49. The molecule has 0 spiro atoms. The van der Waals surface area contributed by atoms with Crippen molar-refractivity contribution in [2.45, 2.75) is 23.8 Å². The Hall–Kier alpha value is -2.91. The van der Waals surface area contributed by atoms with Crippen molar-refractivity contribution in [2.75, 3.05) is 20.8 Å². The molecule has 2 aromatic rings. The average Bonchev–Trinajstić information content (AvgIpc) is 2.74. The zero-order valence-electron chi connectivity index (χ0n) is 16.3. The van der Waals surface area contributed by atoms with Gasteiger partial charge < -0.3 is 19.3 Å². The predicted molar refractivity (Wildman–Crippen MR) is 106 cm³/mol.